The van der Waals surface area contributed by atoms with Crippen LogP contribution in [-0.2, 0) is 0 Å². The number of rotatable bonds is 8. The van der Waals surface area contributed by atoms with E-state index in [1.54, 1.807) is 24.1 Å². The van der Waals surface area contributed by atoms with E-state index in [1.807, 2.05) is 38.1 Å². The third-order valence-corrected chi connectivity index (χ3v) is 3.59. The molecule has 2 rings (SSSR count). The number of ether oxygens (including phenoxy) is 1. The first kappa shape index (κ1) is 18.7. The normalized spacial score (nSPS) is 10.6. The van der Waals surface area contributed by atoms with E-state index in [9.17, 15) is 4.79 Å². The zero-order valence-corrected chi connectivity index (χ0v) is 15.3. The Bertz CT molecular complexity index is 686. The minimum Gasteiger partial charge on any atom is -0.489 e. The fourth-order valence-corrected chi connectivity index (χ4v) is 2.27. The van der Waals surface area contributed by atoms with Crippen molar-refractivity contribution in [1.82, 2.24) is 15.1 Å². The molecule has 0 saturated carbocycles. The lowest BCUT2D eigenvalue weighted by Crippen LogP contribution is -2.28. The van der Waals surface area contributed by atoms with E-state index in [2.05, 4.69) is 22.4 Å². The van der Waals surface area contributed by atoms with Crippen LogP contribution in [0, 0.1) is 0 Å². The topological polar surface area (TPSA) is 67.4 Å². The first-order chi connectivity index (χ1) is 12.0. The summed E-state index contributed by atoms with van der Waals surface area (Å²) in [5.74, 6) is 1.20. The van der Waals surface area contributed by atoms with Crippen molar-refractivity contribution in [2.45, 2.75) is 39.7 Å². The summed E-state index contributed by atoms with van der Waals surface area (Å²) < 4.78 is 5.78. The van der Waals surface area contributed by atoms with Gasteiger partial charge in [0.1, 0.15) is 5.75 Å². The summed E-state index contributed by atoms with van der Waals surface area (Å²) in [5, 5.41) is 11.3. The van der Waals surface area contributed by atoms with E-state index in [4.69, 9.17) is 4.74 Å². The van der Waals surface area contributed by atoms with Crippen LogP contribution < -0.4 is 10.1 Å². The molecule has 6 nitrogen and oxygen atoms in total. The van der Waals surface area contributed by atoms with Crippen LogP contribution in [0.3, 0.4) is 0 Å². The van der Waals surface area contributed by atoms with Gasteiger partial charge in [-0.3, -0.25) is 4.79 Å². The molecule has 0 radical (unpaired) electrons. The Labute approximate surface area is 149 Å². The Morgan fingerprint density at radius 1 is 1.20 bits per heavy atom. The quantitative estimate of drug-likeness (QED) is 0.788. The Hall–Kier alpha value is -2.63. The highest BCUT2D eigenvalue weighted by Gasteiger charge is 2.13. The van der Waals surface area contributed by atoms with Crippen molar-refractivity contribution < 1.29 is 9.53 Å². The van der Waals surface area contributed by atoms with Crippen LogP contribution in [0.15, 0.2) is 36.4 Å². The van der Waals surface area contributed by atoms with Crippen molar-refractivity contribution in [3.63, 3.8) is 0 Å². The van der Waals surface area contributed by atoms with Gasteiger partial charge in [-0.2, -0.15) is 0 Å². The summed E-state index contributed by atoms with van der Waals surface area (Å²) in [6.45, 7) is 6.77. The monoisotopic (exact) mass is 342 g/mol. The van der Waals surface area contributed by atoms with E-state index in [1.165, 1.54) is 0 Å². The SMILES string of the molecule is CCCCN(C)C(=O)c1ccc(Nc2ccccc2OC(C)C)nn1. The molecule has 0 fully saturated rings. The number of benzene rings is 1. The molecule has 1 N–H and O–H groups in total. The maximum atomic E-state index is 12.3. The average molecular weight is 342 g/mol. The van der Waals surface area contributed by atoms with Crippen LogP contribution in [0.5, 0.6) is 5.75 Å². The van der Waals surface area contributed by atoms with Crippen molar-refractivity contribution in [2.24, 2.45) is 0 Å². The van der Waals surface area contributed by atoms with Gasteiger partial charge < -0.3 is 15.0 Å². The number of unbranched alkanes of at least 4 members (excludes halogenated alkanes) is 1. The van der Waals surface area contributed by atoms with Gasteiger partial charge in [0, 0.05) is 13.6 Å². The number of aromatic nitrogens is 2. The standard InChI is InChI=1S/C19H26N4O2/c1-5-6-13-23(4)19(24)16-11-12-18(22-21-16)20-15-9-7-8-10-17(15)25-14(2)3/h7-12,14H,5-6,13H2,1-4H3,(H,20,22). The van der Waals surface area contributed by atoms with Crippen molar-refractivity contribution in [1.29, 1.82) is 0 Å². The molecule has 0 atom stereocenters. The zero-order valence-electron chi connectivity index (χ0n) is 15.3. The number of carbonyl (C=O) groups excluding carboxylic acids is 1. The van der Waals surface area contributed by atoms with Gasteiger partial charge in [-0.15, -0.1) is 10.2 Å². The summed E-state index contributed by atoms with van der Waals surface area (Å²) in [7, 11) is 1.78. The van der Waals surface area contributed by atoms with E-state index < -0.39 is 0 Å². The minimum absolute atomic E-state index is 0.0766. The van der Waals surface area contributed by atoms with Crippen molar-refractivity contribution in [2.75, 3.05) is 18.9 Å². The number of hydrogen-bond donors (Lipinski definition) is 1. The summed E-state index contributed by atoms with van der Waals surface area (Å²) in [5.41, 5.74) is 1.15. The predicted molar refractivity (Wildman–Crippen MR) is 99.4 cm³/mol. The van der Waals surface area contributed by atoms with Gasteiger partial charge in [-0.05, 0) is 44.5 Å². The first-order valence-electron chi connectivity index (χ1n) is 8.63. The molecule has 134 valence electrons. The second-order valence-electron chi connectivity index (χ2n) is 6.17. The zero-order chi connectivity index (χ0) is 18.2. The van der Waals surface area contributed by atoms with Crippen LogP contribution in [0.4, 0.5) is 11.5 Å². The highest BCUT2D eigenvalue weighted by molar-refractivity contribution is 5.92. The molecule has 1 heterocycles. The molecule has 0 spiro atoms. The van der Waals surface area contributed by atoms with E-state index in [0.717, 1.165) is 30.8 Å². The molecular weight excluding hydrogens is 316 g/mol. The smallest absolute Gasteiger partial charge is 0.274 e. The second-order valence-corrected chi connectivity index (χ2v) is 6.17. The molecule has 0 aliphatic rings. The Morgan fingerprint density at radius 3 is 2.60 bits per heavy atom. The fraction of sp³-hybridized carbons (Fsp3) is 0.421. The summed E-state index contributed by atoms with van der Waals surface area (Å²) in [4.78, 5) is 14.0. The largest absolute Gasteiger partial charge is 0.489 e. The molecule has 0 unspecified atom stereocenters. The number of amides is 1. The Balaban J connectivity index is 2.07. The molecule has 0 aliphatic heterocycles. The highest BCUT2D eigenvalue weighted by Crippen LogP contribution is 2.27. The Kier molecular flexibility index (Phi) is 6.74. The first-order valence-corrected chi connectivity index (χ1v) is 8.63. The van der Waals surface area contributed by atoms with Crippen molar-refractivity contribution in [3.8, 4) is 5.75 Å². The molecule has 6 heteroatoms. The van der Waals surface area contributed by atoms with E-state index in [-0.39, 0.29) is 12.0 Å². The van der Waals surface area contributed by atoms with Crippen LogP contribution in [0.1, 0.15) is 44.1 Å². The van der Waals surface area contributed by atoms with Crippen LogP contribution >= 0.6 is 0 Å². The molecule has 1 amide bonds. The van der Waals surface area contributed by atoms with Gasteiger partial charge in [0.25, 0.3) is 5.91 Å². The van der Waals surface area contributed by atoms with Gasteiger partial charge in [0.2, 0.25) is 0 Å². The maximum Gasteiger partial charge on any atom is 0.274 e. The number of hydrogen-bond acceptors (Lipinski definition) is 5. The highest BCUT2D eigenvalue weighted by atomic mass is 16.5. The molecular formula is C19H26N4O2. The minimum atomic E-state index is -0.115. The van der Waals surface area contributed by atoms with Crippen molar-refractivity contribution >= 4 is 17.4 Å². The number of carbonyl (C=O) groups is 1. The van der Waals surface area contributed by atoms with Gasteiger partial charge >= 0.3 is 0 Å². The predicted octanol–water partition coefficient (Wildman–Crippen LogP) is 3.88. The van der Waals surface area contributed by atoms with Crippen LogP contribution in [-0.4, -0.2) is 40.7 Å². The second kappa shape index (κ2) is 9.01. The van der Waals surface area contributed by atoms with E-state index in [0.29, 0.717) is 11.5 Å². The number of para-hydroxylation sites is 2. The van der Waals surface area contributed by atoms with Gasteiger partial charge in [-0.1, -0.05) is 25.5 Å². The molecule has 25 heavy (non-hydrogen) atoms. The third kappa shape index (κ3) is 5.45. The molecule has 0 bridgehead atoms. The summed E-state index contributed by atoms with van der Waals surface area (Å²) in [6, 6.07) is 11.1. The summed E-state index contributed by atoms with van der Waals surface area (Å²) >= 11 is 0. The molecule has 0 aliphatic carbocycles. The molecule has 2 aromatic rings. The lowest BCUT2D eigenvalue weighted by Gasteiger charge is -2.16. The van der Waals surface area contributed by atoms with Crippen molar-refractivity contribution in [3.05, 3.63) is 42.1 Å². The Morgan fingerprint density at radius 2 is 1.96 bits per heavy atom. The van der Waals surface area contributed by atoms with E-state index >= 15 is 0 Å². The number of nitrogens with one attached hydrogen (secondary N) is 1. The fourth-order valence-electron chi connectivity index (χ4n) is 2.27. The number of anilines is 2. The lowest BCUT2D eigenvalue weighted by molar-refractivity contribution is 0.0786. The third-order valence-electron chi connectivity index (χ3n) is 3.59. The number of nitrogens with zero attached hydrogens (tertiary/aromatic N) is 3. The molecule has 1 aromatic carbocycles. The molecule has 0 saturated heterocycles. The summed E-state index contributed by atoms with van der Waals surface area (Å²) in [6.07, 6.45) is 2.10. The molecule has 1 aromatic heterocycles. The van der Waals surface area contributed by atoms with Crippen LogP contribution in [0.2, 0.25) is 0 Å². The van der Waals surface area contributed by atoms with Gasteiger partial charge in [-0.25, -0.2) is 0 Å². The maximum absolute atomic E-state index is 12.3. The van der Waals surface area contributed by atoms with Crippen LogP contribution in [0.25, 0.3) is 0 Å². The van der Waals surface area contributed by atoms with Gasteiger partial charge in [0.15, 0.2) is 11.5 Å². The average Bonchev–Trinajstić information content (AvgIpc) is 2.61. The van der Waals surface area contributed by atoms with Gasteiger partial charge in [0.05, 0.1) is 11.8 Å². The lowest BCUT2D eigenvalue weighted by atomic mass is 10.2.